The average molecular weight is 382 g/mol. The number of nitrogens with zero attached hydrogens (tertiary/aromatic N) is 2. The second-order valence-corrected chi connectivity index (χ2v) is 5.74. The van der Waals surface area contributed by atoms with Crippen molar-refractivity contribution in [2.45, 2.75) is 6.18 Å². The lowest BCUT2D eigenvalue weighted by Gasteiger charge is -2.10. The molecular weight excluding hydrogens is 369 g/mol. The molecule has 140 valence electrons. The number of anilines is 3. The number of nitriles is 1. The lowest BCUT2D eigenvalue weighted by Crippen LogP contribution is -2.14. The van der Waals surface area contributed by atoms with Crippen LogP contribution in [0.4, 0.5) is 30.2 Å². The van der Waals surface area contributed by atoms with E-state index in [0.29, 0.717) is 16.9 Å². The van der Waals surface area contributed by atoms with E-state index < -0.39 is 17.6 Å². The minimum Gasteiger partial charge on any atom is -0.354 e. The Morgan fingerprint density at radius 3 is 2.39 bits per heavy atom. The highest BCUT2D eigenvalue weighted by atomic mass is 19.4. The fraction of sp³-hybridized carbons (Fsp3) is 0.0500. The summed E-state index contributed by atoms with van der Waals surface area (Å²) in [7, 11) is 0. The van der Waals surface area contributed by atoms with E-state index in [1.165, 1.54) is 24.4 Å². The van der Waals surface area contributed by atoms with Crippen molar-refractivity contribution in [2.24, 2.45) is 0 Å². The maximum absolute atomic E-state index is 12.6. The Morgan fingerprint density at radius 1 is 1.00 bits per heavy atom. The van der Waals surface area contributed by atoms with Crippen molar-refractivity contribution in [3.63, 3.8) is 0 Å². The molecule has 1 amide bonds. The van der Waals surface area contributed by atoms with Crippen molar-refractivity contribution in [3.05, 3.63) is 83.7 Å². The van der Waals surface area contributed by atoms with Gasteiger partial charge in [-0.25, -0.2) is 0 Å². The molecule has 5 nitrogen and oxygen atoms in total. The minimum absolute atomic E-state index is 0.0688. The van der Waals surface area contributed by atoms with Gasteiger partial charge in [0.2, 0.25) is 0 Å². The highest BCUT2D eigenvalue weighted by Gasteiger charge is 2.30. The predicted octanol–water partition coefficient (Wildman–Crippen LogP) is 4.97. The number of aromatic nitrogens is 1. The lowest BCUT2D eigenvalue weighted by molar-refractivity contribution is -0.137. The van der Waals surface area contributed by atoms with Crippen LogP contribution in [0.3, 0.4) is 0 Å². The number of hydrogen-bond donors (Lipinski definition) is 2. The summed E-state index contributed by atoms with van der Waals surface area (Å²) in [5, 5.41) is 14.7. The van der Waals surface area contributed by atoms with Gasteiger partial charge in [0.05, 0.1) is 16.8 Å². The molecule has 0 unspecified atom stereocenters. The molecular formula is C20H13F3N4O. The predicted molar refractivity (Wildman–Crippen MR) is 98.1 cm³/mol. The van der Waals surface area contributed by atoms with Gasteiger partial charge in [0.15, 0.2) is 0 Å². The first-order chi connectivity index (χ1) is 13.4. The van der Waals surface area contributed by atoms with Gasteiger partial charge < -0.3 is 10.6 Å². The molecule has 3 rings (SSSR count). The van der Waals surface area contributed by atoms with Gasteiger partial charge in [0.25, 0.3) is 5.91 Å². The van der Waals surface area contributed by atoms with Crippen molar-refractivity contribution in [1.82, 2.24) is 4.98 Å². The first-order valence-electron chi connectivity index (χ1n) is 8.07. The molecule has 0 aliphatic heterocycles. The monoisotopic (exact) mass is 382 g/mol. The van der Waals surface area contributed by atoms with E-state index in [1.807, 2.05) is 0 Å². The number of carbonyl (C=O) groups is 1. The van der Waals surface area contributed by atoms with E-state index in [2.05, 4.69) is 21.7 Å². The summed E-state index contributed by atoms with van der Waals surface area (Å²) in [5.41, 5.74) is 1.04. The number of amides is 1. The Balaban J connectivity index is 1.74. The summed E-state index contributed by atoms with van der Waals surface area (Å²) in [6.07, 6.45) is -3.03. The number of pyridine rings is 1. The molecule has 0 aliphatic rings. The van der Waals surface area contributed by atoms with E-state index in [0.717, 1.165) is 12.1 Å². The third-order valence-electron chi connectivity index (χ3n) is 3.79. The Bertz CT molecular complexity index is 1040. The zero-order chi connectivity index (χ0) is 20.1. The summed E-state index contributed by atoms with van der Waals surface area (Å²) >= 11 is 0. The number of rotatable bonds is 4. The van der Waals surface area contributed by atoms with Crippen LogP contribution in [0, 0.1) is 11.3 Å². The van der Waals surface area contributed by atoms with Gasteiger partial charge in [-0.05, 0) is 48.5 Å². The van der Waals surface area contributed by atoms with Gasteiger partial charge in [-0.2, -0.15) is 18.4 Å². The van der Waals surface area contributed by atoms with Gasteiger partial charge >= 0.3 is 6.18 Å². The van der Waals surface area contributed by atoms with Gasteiger partial charge in [-0.1, -0.05) is 12.1 Å². The molecule has 1 heterocycles. The van der Waals surface area contributed by atoms with Crippen molar-refractivity contribution >= 4 is 23.0 Å². The van der Waals surface area contributed by atoms with E-state index in [4.69, 9.17) is 5.26 Å². The van der Waals surface area contributed by atoms with Crippen LogP contribution in [-0.2, 0) is 6.18 Å². The Hall–Kier alpha value is -3.86. The van der Waals surface area contributed by atoms with Crippen LogP contribution in [0.15, 0.2) is 66.9 Å². The maximum atomic E-state index is 12.6. The number of nitrogens with one attached hydrogen (secondary N) is 2. The van der Waals surface area contributed by atoms with Gasteiger partial charge in [-0.3, -0.25) is 9.78 Å². The third kappa shape index (κ3) is 4.45. The quantitative estimate of drug-likeness (QED) is 0.668. The van der Waals surface area contributed by atoms with Crippen LogP contribution in [-0.4, -0.2) is 10.9 Å². The fourth-order valence-corrected chi connectivity index (χ4v) is 2.42. The second-order valence-electron chi connectivity index (χ2n) is 5.74. The molecule has 0 bridgehead atoms. The number of halogens is 3. The summed E-state index contributed by atoms with van der Waals surface area (Å²) in [4.78, 5) is 16.3. The van der Waals surface area contributed by atoms with Crippen molar-refractivity contribution < 1.29 is 18.0 Å². The SMILES string of the molecule is N#Cc1ccccc1Nc1ccnc(C(=O)Nc2ccc(C(F)(F)F)cc2)c1. The number of carbonyl (C=O) groups excluding carboxylic acids is 1. The van der Waals surface area contributed by atoms with Gasteiger partial charge in [-0.15, -0.1) is 0 Å². The summed E-state index contributed by atoms with van der Waals surface area (Å²) in [6.45, 7) is 0. The Labute approximate surface area is 158 Å². The molecule has 2 aromatic carbocycles. The van der Waals surface area contributed by atoms with Crippen LogP contribution < -0.4 is 10.6 Å². The summed E-state index contributed by atoms with van der Waals surface area (Å²) in [6, 6.07) is 16.2. The highest BCUT2D eigenvalue weighted by molar-refractivity contribution is 6.03. The van der Waals surface area contributed by atoms with Gasteiger partial charge in [0, 0.05) is 17.6 Å². The minimum atomic E-state index is -4.44. The molecule has 0 fully saturated rings. The molecule has 3 aromatic rings. The lowest BCUT2D eigenvalue weighted by atomic mass is 10.2. The molecule has 8 heteroatoms. The van der Waals surface area contributed by atoms with E-state index >= 15 is 0 Å². The van der Waals surface area contributed by atoms with Crippen molar-refractivity contribution in [1.29, 1.82) is 5.26 Å². The van der Waals surface area contributed by atoms with Crippen LogP contribution in [0.2, 0.25) is 0 Å². The zero-order valence-corrected chi connectivity index (χ0v) is 14.3. The molecule has 0 spiro atoms. The number of para-hydroxylation sites is 1. The van der Waals surface area contributed by atoms with Crippen LogP contribution >= 0.6 is 0 Å². The first kappa shape index (κ1) is 18.9. The third-order valence-corrected chi connectivity index (χ3v) is 3.79. The number of hydrogen-bond acceptors (Lipinski definition) is 4. The molecule has 1 aromatic heterocycles. The van der Waals surface area contributed by atoms with E-state index in [9.17, 15) is 18.0 Å². The average Bonchev–Trinajstić information content (AvgIpc) is 2.68. The second kappa shape index (κ2) is 7.80. The highest BCUT2D eigenvalue weighted by Crippen LogP contribution is 2.30. The molecule has 2 N–H and O–H groups in total. The largest absolute Gasteiger partial charge is 0.416 e. The van der Waals surface area contributed by atoms with E-state index in [-0.39, 0.29) is 11.4 Å². The normalized spacial score (nSPS) is 10.8. The molecule has 0 aliphatic carbocycles. The van der Waals surface area contributed by atoms with Gasteiger partial charge in [0.1, 0.15) is 11.8 Å². The Kier molecular flexibility index (Phi) is 5.27. The van der Waals surface area contributed by atoms with E-state index in [1.54, 1.807) is 30.3 Å². The first-order valence-corrected chi connectivity index (χ1v) is 8.07. The fourth-order valence-electron chi connectivity index (χ4n) is 2.42. The smallest absolute Gasteiger partial charge is 0.354 e. The molecule has 28 heavy (non-hydrogen) atoms. The van der Waals surface area contributed by atoms with Crippen LogP contribution in [0.1, 0.15) is 21.6 Å². The Morgan fingerprint density at radius 2 is 1.71 bits per heavy atom. The van der Waals surface area contributed by atoms with Crippen LogP contribution in [0.25, 0.3) is 0 Å². The molecule has 0 saturated heterocycles. The zero-order valence-electron chi connectivity index (χ0n) is 14.3. The molecule has 0 saturated carbocycles. The topological polar surface area (TPSA) is 77.8 Å². The maximum Gasteiger partial charge on any atom is 0.416 e. The summed E-state index contributed by atoms with van der Waals surface area (Å²) < 4.78 is 37.8. The van der Waals surface area contributed by atoms with Crippen LogP contribution in [0.5, 0.6) is 0 Å². The molecule has 0 radical (unpaired) electrons. The van der Waals surface area contributed by atoms with Crippen molar-refractivity contribution in [3.8, 4) is 6.07 Å². The standard InChI is InChI=1S/C20H13F3N4O/c21-20(22,23)14-5-7-15(8-6-14)27-19(28)18-11-16(9-10-25-18)26-17-4-2-1-3-13(17)12-24/h1-11H,(H,25,26)(H,27,28). The summed E-state index contributed by atoms with van der Waals surface area (Å²) in [5.74, 6) is -0.572. The molecule has 0 atom stereocenters. The number of alkyl halides is 3. The van der Waals surface area contributed by atoms with Crippen molar-refractivity contribution in [2.75, 3.05) is 10.6 Å². The number of benzene rings is 2.